The van der Waals surface area contributed by atoms with Crippen molar-refractivity contribution in [2.24, 2.45) is 0 Å². The number of carbonyl (C=O) groups excluding carboxylic acids is 1. The van der Waals surface area contributed by atoms with Crippen LogP contribution < -0.4 is 0 Å². The Bertz CT molecular complexity index is 357. The van der Waals surface area contributed by atoms with E-state index in [-0.39, 0.29) is 18.1 Å². The molecule has 0 N–H and O–H groups in total. The number of amides is 1. The minimum absolute atomic E-state index is 0.0500. The average Bonchev–Trinajstić information content (AvgIpc) is 2.28. The molecule has 0 heterocycles. The molecule has 0 spiro atoms. The molecular formula is C12H15BrFNO. The van der Waals surface area contributed by atoms with Crippen LogP contribution in [0.3, 0.4) is 0 Å². The van der Waals surface area contributed by atoms with E-state index in [9.17, 15) is 9.18 Å². The van der Waals surface area contributed by atoms with Crippen molar-refractivity contribution in [2.75, 3.05) is 18.9 Å². The fourth-order valence-electron chi connectivity index (χ4n) is 1.36. The van der Waals surface area contributed by atoms with Crippen molar-refractivity contribution in [1.82, 2.24) is 4.90 Å². The lowest BCUT2D eigenvalue weighted by atomic mass is 10.1. The molecule has 0 saturated carbocycles. The fourth-order valence-corrected chi connectivity index (χ4v) is 1.61. The van der Waals surface area contributed by atoms with Crippen molar-refractivity contribution in [3.05, 3.63) is 35.6 Å². The standard InChI is InChI=1S/C12H15BrFNO/c1-15(8-4-7-13)12(16)9-10-5-2-3-6-11(10)14/h2-3,5-6H,4,7-9H2,1H3. The Labute approximate surface area is 104 Å². The number of nitrogens with zero attached hydrogens (tertiary/aromatic N) is 1. The number of benzene rings is 1. The Hall–Kier alpha value is -0.900. The van der Waals surface area contributed by atoms with E-state index in [0.717, 1.165) is 11.8 Å². The minimum atomic E-state index is -0.315. The van der Waals surface area contributed by atoms with Gasteiger partial charge in [-0.05, 0) is 18.1 Å². The molecule has 0 atom stereocenters. The number of likely N-dealkylation sites (N-methyl/N-ethyl adjacent to an activating group) is 1. The Morgan fingerprint density at radius 3 is 2.75 bits per heavy atom. The third kappa shape index (κ3) is 3.93. The van der Waals surface area contributed by atoms with Crippen LogP contribution in [-0.4, -0.2) is 29.7 Å². The van der Waals surface area contributed by atoms with Gasteiger partial charge in [-0.15, -0.1) is 0 Å². The third-order valence-electron chi connectivity index (χ3n) is 2.35. The minimum Gasteiger partial charge on any atom is -0.345 e. The molecule has 0 aliphatic rings. The molecule has 2 nitrogen and oxygen atoms in total. The quantitative estimate of drug-likeness (QED) is 0.763. The van der Waals surface area contributed by atoms with Crippen molar-refractivity contribution in [3.8, 4) is 0 Å². The highest BCUT2D eigenvalue weighted by molar-refractivity contribution is 9.09. The summed E-state index contributed by atoms with van der Waals surface area (Å²) in [6, 6.07) is 6.38. The van der Waals surface area contributed by atoms with Gasteiger partial charge in [0.25, 0.3) is 0 Å². The lowest BCUT2D eigenvalue weighted by Gasteiger charge is -2.16. The number of alkyl halides is 1. The van der Waals surface area contributed by atoms with E-state index in [1.165, 1.54) is 6.07 Å². The molecule has 1 rings (SSSR count). The molecule has 1 aromatic rings. The van der Waals surface area contributed by atoms with Gasteiger partial charge in [0.15, 0.2) is 0 Å². The topological polar surface area (TPSA) is 20.3 Å². The molecule has 0 saturated heterocycles. The molecule has 0 unspecified atom stereocenters. The zero-order valence-corrected chi connectivity index (χ0v) is 10.8. The van der Waals surface area contributed by atoms with Crippen LogP contribution in [0.2, 0.25) is 0 Å². The van der Waals surface area contributed by atoms with Crippen molar-refractivity contribution in [2.45, 2.75) is 12.8 Å². The molecule has 0 aliphatic heterocycles. The van der Waals surface area contributed by atoms with Crippen LogP contribution in [0.1, 0.15) is 12.0 Å². The Balaban J connectivity index is 2.54. The van der Waals surface area contributed by atoms with Gasteiger partial charge in [0.1, 0.15) is 5.82 Å². The van der Waals surface area contributed by atoms with Crippen LogP contribution in [0.4, 0.5) is 4.39 Å². The molecule has 0 bridgehead atoms. The molecule has 0 aromatic heterocycles. The molecular weight excluding hydrogens is 273 g/mol. The Kier molecular flexibility index (Phi) is 5.46. The highest BCUT2D eigenvalue weighted by atomic mass is 79.9. The summed E-state index contributed by atoms with van der Waals surface area (Å²) in [6.45, 7) is 0.693. The second kappa shape index (κ2) is 6.63. The van der Waals surface area contributed by atoms with Gasteiger partial charge < -0.3 is 4.90 Å². The smallest absolute Gasteiger partial charge is 0.226 e. The molecule has 4 heteroatoms. The van der Waals surface area contributed by atoms with Crippen LogP contribution in [-0.2, 0) is 11.2 Å². The van der Waals surface area contributed by atoms with Gasteiger partial charge in [-0.1, -0.05) is 34.1 Å². The van der Waals surface area contributed by atoms with Gasteiger partial charge >= 0.3 is 0 Å². The highest BCUT2D eigenvalue weighted by Crippen LogP contribution is 2.08. The predicted molar refractivity (Wildman–Crippen MR) is 66.2 cm³/mol. The summed E-state index contributed by atoms with van der Waals surface area (Å²) in [7, 11) is 1.74. The van der Waals surface area contributed by atoms with Crippen LogP contribution in [0, 0.1) is 5.82 Å². The summed E-state index contributed by atoms with van der Waals surface area (Å²) in [5.74, 6) is -0.365. The first-order valence-corrected chi connectivity index (χ1v) is 6.30. The highest BCUT2D eigenvalue weighted by Gasteiger charge is 2.11. The summed E-state index contributed by atoms with van der Waals surface area (Å²) < 4.78 is 13.3. The maximum absolute atomic E-state index is 13.3. The largest absolute Gasteiger partial charge is 0.345 e. The Morgan fingerprint density at radius 1 is 1.44 bits per heavy atom. The lowest BCUT2D eigenvalue weighted by molar-refractivity contribution is -0.129. The molecule has 0 fully saturated rings. The second-order valence-electron chi connectivity index (χ2n) is 3.63. The van der Waals surface area contributed by atoms with E-state index in [4.69, 9.17) is 0 Å². The summed E-state index contributed by atoms with van der Waals surface area (Å²) in [4.78, 5) is 13.3. The summed E-state index contributed by atoms with van der Waals surface area (Å²) in [6.07, 6.45) is 1.03. The van der Waals surface area contributed by atoms with Crippen LogP contribution in [0.25, 0.3) is 0 Å². The number of carbonyl (C=O) groups is 1. The first kappa shape index (κ1) is 13.2. The average molecular weight is 288 g/mol. The SMILES string of the molecule is CN(CCCBr)C(=O)Cc1ccccc1F. The van der Waals surface area contributed by atoms with Gasteiger partial charge in [0, 0.05) is 18.9 Å². The van der Waals surface area contributed by atoms with Crippen molar-refractivity contribution < 1.29 is 9.18 Å². The second-order valence-corrected chi connectivity index (χ2v) is 4.42. The van der Waals surface area contributed by atoms with E-state index >= 15 is 0 Å². The number of halogens is 2. The van der Waals surface area contributed by atoms with E-state index in [1.807, 2.05) is 0 Å². The maximum atomic E-state index is 13.3. The van der Waals surface area contributed by atoms with Gasteiger partial charge in [0.2, 0.25) is 5.91 Å². The monoisotopic (exact) mass is 287 g/mol. The van der Waals surface area contributed by atoms with E-state index in [0.29, 0.717) is 12.1 Å². The molecule has 0 radical (unpaired) electrons. The lowest BCUT2D eigenvalue weighted by Crippen LogP contribution is -2.29. The number of hydrogen-bond acceptors (Lipinski definition) is 1. The van der Waals surface area contributed by atoms with E-state index < -0.39 is 0 Å². The fraction of sp³-hybridized carbons (Fsp3) is 0.417. The molecule has 88 valence electrons. The molecule has 1 amide bonds. The summed E-state index contributed by atoms with van der Waals surface area (Å²) in [5.41, 5.74) is 0.457. The number of rotatable bonds is 5. The summed E-state index contributed by atoms with van der Waals surface area (Å²) in [5, 5.41) is 0.865. The van der Waals surface area contributed by atoms with Crippen molar-refractivity contribution in [1.29, 1.82) is 0 Å². The zero-order valence-electron chi connectivity index (χ0n) is 9.25. The van der Waals surface area contributed by atoms with Crippen LogP contribution in [0.5, 0.6) is 0 Å². The van der Waals surface area contributed by atoms with Gasteiger partial charge in [-0.3, -0.25) is 4.79 Å². The molecule has 16 heavy (non-hydrogen) atoms. The zero-order chi connectivity index (χ0) is 12.0. The summed E-state index contributed by atoms with van der Waals surface area (Å²) >= 11 is 3.31. The third-order valence-corrected chi connectivity index (χ3v) is 2.91. The van der Waals surface area contributed by atoms with E-state index in [2.05, 4.69) is 15.9 Å². The normalized spacial score (nSPS) is 10.2. The first-order chi connectivity index (χ1) is 7.65. The van der Waals surface area contributed by atoms with Crippen molar-refractivity contribution in [3.63, 3.8) is 0 Å². The molecule has 0 aliphatic carbocycles. The van der Waals surface area contributed by atoms with Gasteiger partial charge in [0.05, 0.1) is 6.42 Å². The molecule has 1 aromatic carbocycles. The van der Waals surface area contributed by atoms with Crippen LogP contribution >= 0.6 is 15.9 Å². The first-order valence-electron chi connectivity index (χ1n) is 5.18. The number of hydrogen-bond donors (Lipinski definition) is 0. The van der Waals surface area contributed by atoms with Crippen molar-refractivity contribution >= 4 is 21.8 Å². The predicted octanol–water partition coefficient (Wildman–Crippen LogP) is 2.61. The van der Waals surface area contributed by atoms with Crippen LogP contribution in [0.15, 0.2) is 24.3 Å². The van der Waals surface area contributed by atoms with E-state index in [1.54, 1.807) is 30.1 Å². The van der Waals surface area contributed by atoms with Gasteiger partial charge in [-0.2, -0.15) is 0 Å². The Morgan fingerprint density at radius 2 is 2.12 bits per heavy atom. The van der Waals surface area contributed by atoms with Gasteiger partial charge in [-0.25, -0.2) is 4.39 Å². The maximum Gasteiger partial charge on any atom is 0.226 e.